The number of hydrogen-bond acceptors (Lipinski definition) is 3. The quantitative estimate of drug-likeness (QED) is 0.885. The lowest BCUT2D eigenvalue weighted by atomic mass is 9.98. The van der Waals surface area contributed by atoms with E-state index in [1.54, 1.807) is 11.3 Å². The molecule has 3 unspecified atom stereocenters. The summed E-state index contributed by atoms with van der Waals surface area (Å²) in [6.07, 6.45) is 2.91. The maximum atomic E-state index is 12.3. The maximum Gasteiger partial charge on any atom is 0.227 e. The van der Waals surface area contributed by atoms with Gasteiger partial charge in [-0.2, -0.15) is 0 Å². The van der Waals surface area contributed by atoms with E-state index in [2.05, 4.69) is 19.1 Å². The second-order valence-corrected chi connectivity index (χ2v) is 7.03. The van der Waals surface area contributed by atoms with Crippen molar-refractivity contribution < 1.29 is 4.79 Å². The minimum Gasteiger partial charge on any atom is -0.342 e. The fourth-order valence-electron chi connectivity index (χ4n) is 3.35. The summed E-state index contributed by atoms with van der Waals surface area (Å²) < 4.78 is 0. The van der Waals surface area contributed by atoms with Crippen molar-refractivity contribution in [3.05, 3.63) is 21.9 Å². The zero-order valence-corrected chi connectivity index (χ0v) is 11.6. The molecule has 3 atom stereocenters. The predicted octanol–water partition coefficient (Wildman–Crippen LogP) is 1.79. The summed E-state index contributed by atoms with van der Waals surface area (Å²) >= 11 is 1.72. The van der Waals surface area contributed by atoms with Gasteiger partial charge in [0.05, 0.1) is 6.42 Å². The number of rotatable bonds is 2. The number of amides is 1. The summed E-state index contributed by atoms with van der Waals surface area (Å²) in [7, 11) is 0. The van der Waals surface area contributed by atoms with Crippen LogP contribution in [0.5, 0.6) is 0 Å². The molecule has 3 rings (SSSR count). The van der Waals surface area contributed by atoms with Gasteiger partial charge in [0, 0.05) is 28.9 Å². The van der Waals surface area contributed by atoms with Gasteiger partial charge in [-0.1, -0.05) is 0 Å². The third kappa shape index (κ3) is 2.19. The molecular formula is C14H20N2OS. The molecule has 0 bridgehead atoms. The van der Waals surface area contributed by atoms with Gasteiger partial charge in [0.25, 0.3) is 0 Å². The second kappa shape index (κ2) is 4.67. The summed E-state index contributed by atoms with van der Waals surface area (Å²) in [6.45, 7) is 3.90. The van der Waals surface area contributed by atoms with Crippen LogP contribution in [0.25, 0.3) is 0 Å². The predicted molar refractivity (Wildman–Crippen MR) is 73.5 cm³/mol. The van der Waals surface area contributed by atoms with Crippen molar-refractivity contribution in [3.8, 4) is 0 Å². The molecule has 1 amide bonds. The molecule has 1 aromatic heterocycles. The lowest BCUT2D eigenvalue weighted by Crippen LogP contribution is -2.34. The molecule has 1 saturated heterocycles. The van der Waals surface area contributed by atoms with E-state index in [1.165, 1.54) is 16.2 Å². The van der Waals surface area contributed by atoms with Gasteiger partial charge in [0.15, 0.2) is 0 Å². The summed E-state index contributed by atoms with van der Waals surface area (Å²) in [6, 6.07) is 4.47. The Kier molecular flexibility index (Phi) is 3.16. The molecule has 1 aliphatic heterocycles. The first-order valence-corrected chi connectivity index (χ1v) is 7.54. The fourth-order valence-corrected chi connectivity index (χ4v) is 4.23. The fraction of sp³-hybridized carbons (Fsp3) is 0.643. The van der Waals surface area contributed by atoms with Crippen molar-refractivity contribution >= 4 is 17.2 Å². The number of aryl methyl sites for hydroxylation is 1. The smallest absolute Gasteiger partial charge is 0.227 e. The largest absolute Gasteiger partial charge is 0.342 e. The molecule has 2 aliphatic rings. The number of carbonyl (C=O) groups excluding carboxylic acids is 1. The molecule has 18 heavy (non-hydrogen) atoms. The summed E-state index contributed by atoms with van der Waals surface area (Å²) in [5, 5.41) is 0. The van der Waals surface area contributed by atoms with Crippen molar-refractivity contribution in [2.75, 3.05) is 13.1 Å². The molecule has 0 spiro atoms. The summed E-state index contributed by atoms with van der Waals surface area (Å²) in [5.41, 5.74) is 6.10. The monoisotopic (exact) mass is 264 g/mol. The van der Waals surface area contributed by atoms with E-state index in [1.807, 2.05) is 4.90 Å². The molecule has 98 valence electrons. The van der Waals surface area contributed by atoms with Gasteiger partial charge in [-0.3, -0.25) is 4.79 Å². The van der Waals surface area contributed by atoms with Crippen molar-refractivity contribution in [2.45, 2.75) is 32.2 Å². The van der Waals surface area contributed by atoms with Gasteiger partial charge in [0.2, 0.25) is 5.91 Å². The highest BCUT2D eigenvalue weighted by molar-refractivity contribution is 7.12. The van der Waals surface area contributed by atoms with Crippen LogP contribution in [0, 0.1) is 18.8 Å². The van der Waals surface area contributed by atoms with Crippen LogP contribution in [-0.4, -0.2) is 29.9 Å². The third-order valence-corrected chi connectivity index (χ3v) is 5.39. The Balaban J connectivity index is 1.61. The molecule has 3 nitrogen and oxygen atoms in total. The van der Waals surface area contributed by atoms with Crippen LogP contribution in [0.15, 0.2) is 12.1 Å². The van der Waals surface area contributed by atoms with E-state index in [4.69, 9.17) is 5.73 Å². The summed E-state index contributed by atoms with van der Waals surface area (Å²) in [4.78, 5) is 16.7. The topological polar surface area (TPSA) is 46.3 Å². The van der Waals surface area contributed by atoms with Crippen molar-refractivity contribution in [2.24, 2.45) is 17.6 Å². The molecule has 0 radical (unpaired) electrons. The first kappa shape index (κ1) is 12.2. The van der Waals surface area contributed by atoms with E-state index in [0.717, 1.165) is 19.5 Å². The van der Waals surface area contributed by atoms with Crippen LogP contribution in [0.2, 0.25) is 0 Å². The van der Waals surface area contributed by atoms with E-state index < -0.39 is 0 Å². The zero-order chi connectivity index (χ0) is 12.7. The van der Waals surface area contributed by atoms with Crippen molar-refractivity contribution in [1.82, 2.24) is 4.90 Å². The van der Waals surface area contributed by atoms with Gasteiger partial charge >= 0.3 is 0 Å². The number of nitrogens with zero attached hydrogens (tertiary/aromatic N) is 1. The van der Waals surface area contributed by atoms with Gasteiger partial charge in [-0.25, -0.2) is 0 Å². The average molecular weight is 264 g/mol. The molecule has 1 aliphatic carbocycles. The summed E-state index contributed by atoms with van der Waals surface area (Å²) in [5.74, 6) is 1.49. The minimum atomic E-state index is 0.276. The highest BCUT2D eigenvalue weighted by Gasteiger charge is 2.42. The van der Waals surface area contributed by atoms with E-state index in [9.17, 15) is 4.79 Å². The Morgan fingerprint density at radius 1 is 1.44 bits per heavy atom. The Hall–Kier alpha value is -0.870. The molecular weight excluding hydrogens is 244 g/mol. The number of likely N-dealkylation sites (tertiary alicyclic amines) is 1. The van der Waals surface area contributed by atoms with Crippen molar-refractivity contribution in [3.63, 3.8) is 0 Å². The average Bonchev–Trinajstić information content (AvgIpc) is 2.98. The molecule has 4 heteroatoms. The van der Waals surface area contributed by atoms with Crippen LogP contribution in [0.4, 0.5) is 0 Å². The molecule has 1 aromatic rings. The van der Waals surface area contributed by atoms with Crippen LogP contribution in [0.1, 0.15) is 22.6 Å². The molecule has 2 fully saturated rings. The van der Waals surface area contributed by atoms with Gasteiger partial charge in [0.1, 0.15) is 0 Å². The Bertz CT molecular complexity index is 456. The van der Waals surface area contributed by atoms with Gasteiger partial charge < -0.3 is 10.6 Å². The number of nitrogens with two attached hydrogens (primary N) is 1. The molecule has 1 saturated carbocycles. The lowest BCUT2D eigenvalue weighted by Gasteiger charge is -2.18. The Morgan fingerprint density at radius 2 is 2.28 bits per heavy atom. The highest BCUT2D eigenvalue weighted by Crippen LogP contribution is 2.37. The van der Waals surface area contributed by atoms with Crippen LogP contribution >= 0.6 is 11.3 Å². The highest BCUT2D eigenvalue weighted by atomic mass is 32.1. The van der Waals surface area contributed by atoms with E-state index in [-0.39, 0.29) is 5.91 Å². The van der Waals surface area contributed by atoms with Gasteiger partial charge in [-0.15, -0.1) is 11.3 Å². The standard InChI is InChI=1S/C14H20N2OS/c1-9-2-4-11(18-9)6-14(17)16-7-10-3-5-13(15)12(10)8-16/h2,4,10,12-13H,3,5-8,15H2,1H3. The molecule has 2 heterocycles. The third-order valence-electron chi connectivity index (χ3n) is 4.39. The van der Waals surface area contributed by atoms with Gasteiger partial charge in [-0.05, 0) is 43.7 Å². The van der Waals surface area contributed by atoms with E-state index in [0.29, 0.717) is 24.3 Å². The SMILES string of the molecule is Cc1ccc(CC(=O)N2CC3CCC(N)C3C2)s1. The Morgan fingerprint density at radius 3 is 2.94 bits per heavy atom. The van der Waals surface area contributed by atoms with Crippen LogP contribution < -0.4 is 5.73 Å². The second-order valence-electron chi connectivity index (χ2n) is 5.65. The van der Waals surface area contributed by atoms with Crippen LogP contribution in [-0.2, 0) is 11.2 Å². The normalized spacial score (nSPS) is 30.8. The molecule has 0 aromatic carbocycles. The number of hydrogen-bond donors (Lipinski definition) is 1. The first-order valence-electron chi connectivity index (χ1n) is 6.72. The number of carbonyl (C=O) groups is 1. The number of thiophene rings is 1. The molecule has 2 N–H and O–H groups in total. The van der Waals surface area contributed by atoms with E-state index >= 15 is 0 Å². The number of fused-ring (bicyclic) bond motifs is 1. The first-order chi connectivity index (χ1) is 8.63. The zero-order valence-electron chi connectivity index (χ0n) is 10.8. The maximum absolute atomic E-state index is 12.3. The lowest BCUT2D eigenvalue weighted by molar-refractivity contribution is -0.129. The van der Waals surface area contributed by atoms with Crippen molar-refractivity contribution in [1.29, 1.82) is 0 Å². The van der Waals surface area contributed by atoms with Crippen LogP contribution in [0.3, 0.4) is 0 Å². The Labute approximate surface area is 112 Å². The minimum absolute atomic E-state index is 0.276.